The molecule has 4 rings (SSSR count). The highest BCUT2D eigenvalue weighted by molar-refractivity contribution is 7.18. The number of nitrogens with zero attached hydrogens (tertiary/aromatic N) is 2. The Labute approximate surface area is 180 Å². The number of nitrogens with one attached hydrogen (secondary N) is 2. The first-order chi connectivity index (χ1) is 14.7. The van der Waals surface area contributed by atoms with Gasteiger partial charge in [0.2, 0.25) is 5.91 Å². The molecule has 0 saturated heterocycles. The van der Waals surface area contributed by atoms with Gasteiger partial charge in [0.05, 0.1) is 33.2 Å². The molecule has 1 amide bonds. The Morgan fingerprint density at radius 1 is 1.10 bits per heavy atom. The predicted octanol–water partition coefficient (Wildman–Crippen LogP) is 5.67. The van der Waals surface area contributed by atoms with E-state index in [-0.39, 0.29) is 11.9 Å². The minimum absolute atomic E-state index is 0.0730. The van der Waals surface area contributed by atoms with Crippen LogP contribution in [0.5, 0.6) is 0 Å². The van der Waals surface area contributed by atoms with E-state index in [9.17, 15) is 4.79 Å². The summed E-state index contributed by atoms with van der Waals surface area (Å²) in [4.78, 5) is 25.0. The van der Waals surface area contributed by atoms with Crippen LogP contribution < -0.4 is 5.32 Å². The number of carbonyl (C=O) groups is 1. The van der Waals surface area contributed by atoms with Gasteiger partial charge in [0.15, 0.2) is 0 Å². The number of rotatable bonds is 9. The van der Waals surface area contributed by atoms with Crippen LogP contribution in [0.4, 0.5) is 0 Å². The van der Waals surface area contributed by atoms with Crippen LogP contribution in [0.1, 0.15) is 49.5 Å². The molecule has 0 aliphatic rings. The number of amides is 1. The van der Waals surface area contributed by atoms with Crippen LogP contribution in [0.2, 0.25) is 0 Å². The first-order valence-electron chi connectivity index (χ1n) is 10.5. The Bertz CT molecular complexity index is 1070. The highest BCUT2D eigenvalue weighted by Crippen LogP contribution is 2.23. The Hall–Kier alpha value is -2.99. The molecular weight excluding hydrogens is 392 g/mol. The van der Waals surface area contributed by atoms with Crippen molar-refractivity contribution in [3.8, 4) is 11.3 Å². The second-order valence-electron chi connectivity index (χ2n) is 7.36. The van der Waals surface area contributed by atoms with Crippen LogP contribution in [0.15, 0.2) is 60.8 Å². The summed E-state index contributed by atoms with van der Waals surface area (Å²) < 4.78 is 1.23. The smallest absolute Gasteiger partial charge is 0.220 e. The molecule has 2 aromatic heterocycles. The van der Waals surface area contributed by atoms with Crippen molar-refractivity contribution in [3.63, 3.8) is 0 Å². The number of H-pyrrole nitrogens is 1. The zero-order valence-electron chi connectivity index (χ0n) is 17.1. The molecule has 0 radical (unpaired) electrons. The van der Waals surface area contributed by atoms with Crippen molar-refractivity contribution < 1.29 is 4.79 Å². The fourth-order valence-corrected chi connectivity index (χ4v) is 4.51. The minimum Gasteiger partial charge on any atom is -0.346 e. The molecule has 2 heterocycles. The van der Waals surface area contributed by atoms with E-state index in [2.05, 4.69) is 33.3 Å². The molecule has 2 N–H and O–H groups in total. The van der Waals surface area contributed by atoms with Crippen LogP contribution in [0.3, 0.4) is 0 Å². The first kappa shape index (κ1) is 20.3. The SMILES string of the molecule is CCC(NC(=O)CCCCc1nc2ccccc2s1)c1ncc(-c2ccccc2)[nH]1. The number of benzene rings is 2. The molecule has 0 aliphatic heterocycles. The Kier molecular flexibility index (Phi) is 6.54. The number of aryl methyl sites for hydroxylation is 1. The van der Waals surface area contributed by atoms with E-state index >= 15 is 0 Å². The number of aromatic nitrogens is 3. The normalized spacial score (nSPS) is 12.2. The van der Waals surface area contributed by atoms with Crippen molar-refractivity contribution in [2.45, 2.75) is 45.1 Å². The lowest BCUT2D eigenvalue weighted by atomic mass is 10.1. The Balaban J connectivity index is 1.26. The molecular formula is C24H26N4OS. The number of fused-ring (bicyclic) bond motifs is 1. The van der Waals surface area contributed by atoms with Gasteiger partial charge in [0.25, 0.3) is 0 Å². The molecule has 2 aromatic carbocycles. The molecule has 1 atom stereocenters. The lowest BCUT2D eigenvalue weighted by Gasteiger charge is -2.14. The first-order valence-corrected chi connectivity index (χ1v) is 11.3. The largest absolute Gasteiger partial charge is 0.346 e. The van der Waals surface area contributed by atoms with Gasteiger partial charge in [-0.25, -0.2) is 9.97 Å². The summed E-state index contributed by atoms with van der Waals surface area (Å²) in [5.41, 5.74) is 3.12. The summed E-state index contributed by atoms with van der Waals surface area (Å²) in [6.45, 7) is 2.06. The van der Waals surface area contributed by atoms with Crippen LogP contribution in [0, 0.1) is 0 Å². The Morgan fingerprint density at radius 3 is 2.70 bits per heavy atom. The quantitative estimate of drug-likeness (QED) is 0.344. The van der Waals surface area contributed by atoms with Crippen molar-refractivity contribution >= 4 is 27.5 Å². The van der Waals surface area contributed by atoms with Gasteiger partial charge in [-0.05, 0) is 43.4 Å². The average Bonchev–Trinajstić information content (AvgIpc) is 3.43. The van der Waals surface area contributed by atoms with Crippen LogP contribution in [-0.4, -0.2) is 20.9 Å². The van der Waals surface area contributed by atoms with Gasteiger partial charge in [-0.15, -0.1) is 11.3 Å². The third-order valence-corrected chi connectivity index (χ3v) is 6.23. The topological polar surface area (TPSA) is 70.7 Å². The monoisotopic (exact) mass is 418 g/mol. The maximum atomic E-state index is 12.4. The fourth-order valence-electron chi connectivity index (χ4n) is 3.50. The highest BCUT2D eigenvalue weighted by atomic mass is 32.1. The summed E-state index contributed by atoms with van der Waals surface area (Å²) in [5.74, 6) is 0.878. The van der Waals surface area contributed by atoms with Crippen molar-refractivity contribution in [1.29, 1.82) is 0 Å². The number of carbonyl (C=O) groups excluding carboxylic acids is 1. The third-order valence-electron chi connectivity index (χ3n) is 5.14. The van der Waals surface area contributed by atoms with Crippen molar-refractivity contribution in [1.82, 2.24) is 20.3 Å². The summed E-state index contributed by atoms with van der Waals surface area (Å²) in [6.07, 6.45) is 5.88. The van der Waals surface area contributed by atoms with E-state index in [1.807, 2.05) is 54.7 Å². The molecule has 1 unspecified atom stereocenters. The number of unbranched alkanes of at least 4 members (excludes halogenated alkanes) is 1. The van der Waals surface area contributed by atoms with Gasteiger partial charge in [-0.3, -0.25) is 4.79 Å². The van der Waals surface area contributed by atoms with Crippen molar-refractivity contribution in [2.75, 3.05) is 0 Å². The summed E-state index contributed by atoms with van der Waals surface area (Å²) in [5, 5.41) is 4.27. The second kappa shape index (κ2) is 9.67. The molecule has 4 aromatic rings. The van der Waals surface area contributed by atoms with E-state index in [1.54, 1.807) is 11.3 Å². The van der Waals surface area contributed by atoms with E-state index < -0.39 is 0 Å². The van der Waals surface area contributed by atoms with E-state index in [0.29, 0.717) is 6.42 Å². The average molecular weight is 419 g/mol. The molecule has 6 heteroatoms. The number of hydrogen-bond donors (Lipinski definition) is 2. The summed E-state index contributed by atoms with van der Waals surface area (Å²) >= 11 is 1.74. The Morgan fingerprint density at radius 2 is 1.90 bits per heavy atom. The number of aromatic amines is 1. The molecule has 0 spiro atoms. The fraction of sp³-hybridized carbons (Fsp3) is 0.292. The molecule has 0 aliphatic carbocycles. The number of para-hydroxylation sites is 1. The molecule has 154 valence electrons. The number of thiazole rings is 1. The summed E-state index contributed by atoms with van der Waals surface area (Å²) in [6, 6.07) is 18.2. The molecule has 30 heavy (non-hydrogen) atoms. The number of hydrogen-bond acceptors (Lipinski definition) is 4. The van der Waals surface area contributed by atoms with Gasteiger partial charge in [-0.1, -0.05) is 49.4 Å². The van der Waals surface area contributed by atoms with E-state index in [1.165, 1.54) is 4.70 Å². The minimum atomic E-state index is -0.0979. The molecule has 0 saturated carbocycles. The molecule has 5 nitrogen and oxygen atoms in total. The van der Waals surface area contributed by atoms with E-state index in [4.69, 9.17) is 0 Å². The van der Waals surface area contributed by atoms with Gasteiger partial charge in [-0.2, -0.15) is 0 Å². The lowest BCUT2D eigenvalue weighted by molar-refractivity contribution is -0.122. The number of imidazole rings is 1. The zero-order chi connectivity index (χ0) is 20.8. The zero-order valence-corrected chi connectivity index (χ0v) is 17.9. The highest BCUT2D eigenvalue weighted by Gasteiger charge is 2.16. The molecule has 0 fully saturated rings. The summed E-state index contributed by atoms with van der Waals surface area (Å²) in [7, 11) is 0. The maximum Gasteiger partial charge on any atom is 0.220 e. The second-order valence-corrected chi connectivity index (χ2v) is 8.47. The van der Waals surface area contributed by atoms with Crippen molar-refractivity contribution in [3.05, 3.63) is 71.6 Å². The third kappa shape index (κ3) is 4.94. The molecule has 0 bridgehead atoms. The van der Waals surface area contributed by atoms with E-state index in [0.717, 1.165) is 53.3 Å². The maximum absolute atomic E-state index is 12.4. The van der Waals surface area contributed by atoms with Gasteiger partial charge >= 0.3 is 0 Å². The van der Waals surface area contributed by atoms with Crippen LogP contribution in [-0.2, 0) is 11.2 Å². The van der Waals surface area contributed by atoms with Gasteiger partial charge in [0.1, 0.15) is 5.82 Å². The predicted molar refractivity (Wildman–Crippen MR) is 122 cm³/mol. The standard InChI is InChI=1S/C24H26N4OS/c1-2-18(24-25-16-20(28-24)17-10-4-3-5-11-17)26-22(29)14-8-9-15-23-27-19-12-6-7-13-21(19)30-23/h3-7,10-13,16,18H,2,8-9,14-15H2,1H3,(H,25,28)(H,26,29). The van der Waals surface area contributed by atoms with Gasteiger partial charge in [0, 0.05) is 6.42 Å². The van der Waals surface area contributed by atoms with Gasteiger partial charge < -0.3 is 10.3 Å². The van der Waals surface area contributed by atoms with Crippen LogP contribution >= 0.6 is 11.3 Å². The lowest BCUT2D eigenvalue weighted by Crippen LogP contribution is -2.28. The van der Waals surface area contributed by atoms with Crippen molar-refractivity contribution in [2.24, 2.45) is 0 Å². The van der Waals surface area contributed by atoms with Crippen LogP contribution in [0.25, 0.3) is 21.5 Å².